The lowest BCUT2D eigenvalue weighted by Crippen LogP contribution is -2.42. The molecule has 0 aromatic carbocycles. The standard InChI is InChI=1S/C12H15FN3O6P/c1-3-8-6-16(10(17)15-9(8)14)11(2)4-5-12(13,22-11)7-21-23(18,19)20/h1,6H,4-5,7H2,2H3,(H2,14,15,17)(H2,18,19,20)/t11-,12+/m1/s1. The summed E-state index contributed by atoms with van der Waals surface area (Å²) in [7, 11) is -4.85. The fraction of sp³-hybridized carbons (Fsp3) is 0.500. The maximum atomic E-state index is 14.5. The van der Waals surface area contributed by atoms with Crippen LogP contribution in [0, 0.1) is 12.3 Å². The molecule has 0 unspecified atom stereocenters. The smallest absolute Gasteiger partial charge is 0.382 e. The second-order valence-electron chi connectivity index (χ2n) is 5.26. The van der Waals surface area contributed by atoms with Crippen LogP contribution in [0.5, 0.6) is 0 Å². The zero-order valence-corrected chi connectivity index (χ0v) is 13.0. The van der Waals surface area contributed by atoms with Gasteiger partial charge in [-0.15, -0.1) is 6.42 Å². The van der Waals surface area contributed by atoms with E-state index in [9.17, 15) is 13.8 Å². The first kappa shape index (κ1) is 17.6. The number of phosphoric acid groups is 1. The van der Waals surface area contributed by atoms with E-state index in [1.54, 1.807) is 0 Å². The quantitative estimate of drug-likeness (QED) is 0.514. The molecule has 2 atom stereocenters. The number of phosphoric ester groups is 1. The summed E-state index contributed by atoms with van der Waals surface area (Å²) in [5.41, 5.74) is 3.40. The van der Waals surface area contributed by atoms with Crippen molar-refractivity contribution < 1.29 is 28.0 Å². The van der Waals surface area contributed by atoms with Crippen molar-refractivity contribution in [3.63, 3.8) is 0 Å². The first-order valence-electron chi connectivity index (χ1n) is 6.43. The third-order valence-electron chi connectivity index (χ3n) is 3.43. The molecule has 0 aliphatic carbocycles. The van der Waals surface area contributed by atoms with Gasteiger partial charge in [0.1, 0.15) is 18.1 Å². The number of nitrogens with two attached hydrogens (primary N) is 1. The highest BCUT2D eigenvalue weighted by molar-refractivity contribution is 7.46. The van der Waals surface area contributed by atoms with Gasteiger partial charge in [0.2, 0.25) is 5.85 Å². The highest BCUT2D eigenvalue weighted by Gasteiger charge is 2.50. The summed E-state index contributed by atoms with van der Waals surface area (Å²) in [6.07, 6.45) is 6.26. The molecule has 9 nitrogen and oxygen atoms in total. The van der Waals surface area contributed by atoms with Gasteiger partial charge < -0.3 is 20.3 Å². The summed E-state index contributed by atoms with van der Waals surface area (Å²) in [6.45, 7) is 0.442. The number of aromatic nitrogens is 2. The van der Waals surface area contributed by atoms with Gasteiger partial charge in [-0.05, 0) is 6.92 Å². The Morgan fingerprint density at radius 2 is 2.30 bits per heavy atom. The predicted molar refractivity (Wildman–Crippen MR) is 76.6 cm³/mol. The molecule has 0 bridgehead atoms. The lowest BCUT2D eigenvalue weighted by atomic mass is 10.1. The van der Waals surface area contributed by atoms with Crippen molar-refractivity contribution in [3.8, 4) is 12.3 Å². The van der Waals surface area contributed by atoms with Crippen molar-refractivity contribution in [2.75, 3.05) is 12.3 Å². The molecule has 23 heavy (non-hydrogen) atoms. The number of rotatable bonds is 4. The van der Waals surface area contributed by atoms with E-state index in [4.69, 9.17) is 26.7 Å². The van der Waals surface area contributed by atoms with Crippen LogP contribution in [0.1, 0.15) is 25.3 Å². The van der Waals surface area contributed by atoms with E-state index in [1.165, 1.54) is 13.1 Å². The number of halogens is 1. The molecule has 2 heterocycles. The minimum atomic E-state index is -4.85. The van der Waals surface area contributed by atoms with E-state index in [1.807, 2.05) is 0 Å². The topological polar surface area (TPSA) is 137 Å². The summed E-state index contributed by atoms with van der Waals surface area (Å²) in [5, 5.41) is 0. The molecule has 1 aromatic rings. The van der Waals surface area contributed by atoms with Crippen molar-refractivity contribution in [3.05, 3.63) is 22.2 Å². The molecule has 1 aliphatic heterocycles. The van der Waals surface area contributed by atoms with Crippen LogP contribution in [0.2, 0.25) is 0 Å². The van der Waals surface area contributed by atoms with E-state index < -0.39 is 31.7 Å². The fourth-order valence-corrected chi connectivity index (χ4v) is 2.65. The first-order chi connectivity index (χ1) is 10.5. The molecular weight excluding hydrogens is 332 g/mol. The zero-order chi connectivity index (χ0) is 17.5. The summed E-state index contributed by atoms with van der Waals surface area (Å²) < 4.78 is 35.6. The Morgan fingerprint density at radius 3 is 2.87 bits per heavy atom. The Bertz CT molecular complexity index is 771. The lowest BCUT2D eigenvalue weighted by Gasteiger charge is -2.29. The van der Waals surface area contributed by atoms with Gasteiger partial charge in [-0.3, -0.25) is 9.09 Å². The highest BCUT2D eigenvalue weighted by Crippen LogP contribution is 2.45. The average Bonchev–Trinajstić information content (AvgIpc) is 2.74. The predicted octanol–water partition coefficient (Wildman–Crippen LogP) is 0.0650. The lowest BCUT2D eigenvalue weighted by molar-refractivity contribution is -0.216. The molecule has 11 heteroatoms. The van der Waals surface area contributed by atoms with Gasteiger partial charge >= 0.3 is 13.5 Å². The minimum Gasteiger partial charge on any atom is -0.382 e. The summed E-state index contributed by atoms with van der Waals surface area (Å²) in [4.78, 5) is 32.8. The third-order valence-corrected chi connectivity index (χ3v) is 3.90. The number of hydrogen-bond donors (Lipinski definition) is 3. The molecule has 0 saturated carbocycles. The van der Waals surface area contributed by atoms with Crippen LogP contribution in [-0.4, -0.2) is 31.8 Å². The van der Waals surface area contributed by atoms with E-state index in [2.05, 4.69) is 15.4 Å². The molecule has 2 rings (SSSR count). The first-order valence-corrected chi connectivity index (χ1v) is 7.96. The Balaban J connectivity index is 2.30. The minimum absolute atomic E-state index is 0.0313. The van der Waals surface area contributed by atoms with Crippen molar-refractivity contribution in [1.82, 2.24) is 9.55 Å². The maximum absolute atomic E-state index is 14.5. The van der Waals surface area contributed by atoms with E-state index in [-0.39, 0.29) is 24.2 Å². The number of anilines is 1. The molecule has 1 aromatic heterocycles. The number of hydrogen-bond acceptors (Lipinski definition) is 6. The normalized spacial score (nSPS) is 27.8. The van der Waals surface area contributed by atoms with Gasteiger partial charge in [-0.2, -0.15) is 4.98 Å². The van der Waals surface area contributed by atoms with Gasteiger partial charge in [0, 0.05) is 19.0 Å². The molecule has 1 fully saturated rings. The summed E-state index contributed by atoms with van der Waals surface area (Å²) >= 11 is 0. The number of ether oxygens (including phenoxy) is 1. The highest BCUT2D eigenvalue weighted by atomic mass is 31.2. The fourth-order valence-electron chi connectivity index (χ4n) is 2.28. The number of alkyl halides is 1. The summed E-state index contributed by atoms with van der Waals surface area (Å²) in [6, 6.07) is 0. The van der Waals surface area contributed by atoms with Crippen molar-refractivity contribution in [2.24, 2.45) is 0 Å². The van der Waals surface area contributed by atoms with E-state index in [0.29, 0.717) is 0 Å². The number of nitrogens with zero attached hydrogens (tertiary/aromatic N) is 2. The average molecular weight is 347 g/mol. The Morgan fingerprint density at radius 1 is 1.65 bits per heavy atom. The Labute approximate surface area is 130 Å². The van der Waals surface area contributed by atoms with Crippen LogP contribution in [0.4, 0.5) is 10.2 Å². The monoisotopic (exact) mass is 347 g/mol. The van der Waals surface area contributed by atoms with Gasteiger partial charge in [0.05, 0.1) is 5.56 Å². The number of terminal acetylenes is 1. The molecule has 0 radical (unpaired) electrons. The second-order valence-corrected chi connectivity index (χ2v) is 6.50. The summed E-state index contributed by atoms with van der Waals surface area (Å²) in [5.74, 6) is -0.353. The molecule has 0 amide bonds. The van der Waals surface area contributed by atoms with E-state index >= 15 is 0 Å². The van der Waals surface area contributed by atoms with Crippen molar-refractivity contribution in [1.29, 1.82) is 0 Å². The largest absolute Gasteiger partial charge is 0.469 e. The molecule has 0 spiro atoms. The van der Waals surface area contributed by atoms with Gasteiger partial charge in [-0.25, -0.2) is 13.8 Å². The van der Waals surface area contributed by atoms with Gasteiger partial charge in [-0.1, -0.05) is 5.92 Å². The second kappa shape index (κ2) is 5.70. The van der Waals surface area contributed by atoms with Crippen LogP contribution in [-0.2, 0) is 19.6 Å². The van der Waals surface area contributed by atoms with Crippen LogP contribution in [0.3, 0.4) is 0 Å². The third kappa shape index (κ3) is 3.77. The Kier molecular flexibility index (Phi) is 4.36. The molecule has 1 saturated heterocycles. The Hall–Kier alpha value is -1.76. The molecular formula is C12H15FN3O6P. The van der Waals surface area contributed by atoms with Crippen LogP contribution in [0.25, 0.3) is 0 Å². The van der Waals surface area contributed by atoms with Gasteiger partial charge in [0.25, 0.3) is 0 Å². The van der Waals surface area contributed by atoms with Crippen molar-refractivity contribution in [2.45, 2.75) is 31.3 Å². The molecule has 1 aliphatic rings. The van der Waals surface area contributed by atoms with E-state index in [0.717, 1.165) is 4.57 Å². The number of nitrogen functional groups attached to an aromatic ring is 1. The SMILES string of the molecule is C#Cc1cn([C@@]2(C)CC[C@@](F)(COP(=O)(O)O)O2)c(=O)nc1N. The van der Waals surface area contributed by atoms with Crippen LogP contribution >= 0.6 is 7.82 Å². The van der Waals surface area contributed by atoms with Crippen molar-refractivity contribution >= 4 is 13.6 Å². The van der Waals surface area contributed by atoms with Crippen LogP contribution in [0.15, 0.2) is 11.0 Å². The molecule has 4 N–H and O–H groups in total. The van der Waals surface area contributed by atoms with Crippen LogP contribution < -0.4 is 11.4 Å². The maximum Gasteiger partial charge on any atom is 0.469 e. The zero-order valence-electron chi connectivity index (χ0n) is 12.1. The molecule has 126 valence electrons. The van der Waals surface area contributed by atoms with Gasteiger partial charge in [0.15, 0.2) is 0 Å².